The zero-order valence-corrected chi connectivity index (χ0v) is 15.7. The minimum atomic E-state index is -3.58. The Hall–Kier alpha value is -1.90. The third kappa shape index (κ3) is 4.81. The third-order valence-corrected chi connectivity index (χ3v) is 6.35. The highest BCUT2D eigenvalue weighted by atomic mass is 32.2. The lowest BCUT2D eigenvalue weighted by molar-refractivity contribution is -0.115. The van der Waals surface area contributed by atoms with E-state index in [1.54, 1.807) is 37.3 Å². The first kappa shape index (κ1) is 19.4. The second-order valence-electron chi connectivity index (χ2n) is 5.50. The Morgan fingerprint density at radius 2 is 1.84 bits per heavy atom. The zero-order valence-electron chi connectivity index (χ0n) is 14.1. The molecule has 8 heteroatoms. The van der Waals surface area contributed by atoms with Crippen molar-refractivity contribution in [1.82, 2.24) is 4.31 Å². The number of carbonyl (C=O) groups excluding carboxylic acids is 1. The van der Waals surface area contributed by atoms with Crippen LogP contribution in [0.5, 0.6) is 0 Å². The number of anilines is 1. The van der Waals surface area contributed by atoms with Crippen molar-refractivity contribution in [3.8, 4) is 0 Å². The summed E-state index contributed by atoms with van der Waals surface area (Å²) >= 11 is 1.10. The molecule has 0 aliphatic carbocycles. The molecule has 5 nitrogen and oxygen atoms in total. The molecule has 0 bridgehead atoms. The normalized spacial score (nSPS) is 12.8. The molecule has 1 unspecified atom stereocenters. The van der Waals surface area contributed by atoms with Crippen LogP contribution in [0.3, 0.4) is 0 Å². The maximum absolute atomic E-state index is 13.7. The van der Waals surface area contributed by atoms with Crippen LogP contribution in [-0.4, -0.2) is 38.0 Å². The van der Waals surface area contributed by atoms with Gasteiger partial charge in [-0.25, -0.2) is 17.1 Å². The van der Waals surface area contributed by atoms with Gasteiger partial charge in [0.15, 0.2) is 0 Å². The standard InChI is InChI=1S/C17H19FN2O3S2/c1-12(24-16-10-5-4-9-15(16)18)17(21)19-13-7-6-8-14(11-13)25(22,23)20(2)3/h4-12H,1-3H3,(H,19,21). The second kappa shape index (κ2) is 7.99. The summed E-state index contributed by atoms with van der Waals surface area (Å²) in [7, 11) is -0.706. The van der Waals surface area contributed by atoms with Gasteiger partial charge in [-0.05, 0) is 37.3 Å². The molecule has 0 heterocycles. The van der Waals surface area contributed by atoms with Gasteiger partial charge < -0.3 is 5.32 Å². The molecule has 25 heavy (non-hydrogen) atoms. The van der Waals surface area contributed by atoms with E-state index in [0.29, 0.717) is 10.6 Å². The Balaban J connectivity index is 2.12. The number of sulfonamides is 1. The van der Waals surface area contributed by atoms with Crippen LogP contribution in [0, 0.1) is 5.82 Å². The topological polar surface area (TPSA) is 66.5 Å². The molecule has 0 aromatic heterocycles. The molecule has 0 aliphatic rings. The van der Waals surface area contributed by atoms with Crippen molar-refractivity contribution in [3.63, 3.8) is 0 Å². The molecule has 1 atom stereocenters. The van der Waals surface area contributed by atoms with Gasteiger partial charge in [0.2, 0.25) is 15.9 Å². The number of hydrogen-bond donors (Lipinski definition) is 1. The van der Waals surface area contributed by atoms with E-state index in [1.165, 1.54) is 32.3 Å². The van der Waals surface area contributed by atoms with E-state index in [4.69, 9.17) is 0 Å². The number of rotatable bonds is 6. The quantitative estimate of drug-likeness (QED) is 0.779. The van der Waals surface area contributed by atoms with E-state index >= 15 is 0 Å². The van der Waals surface area contributed by atoms with Crippen LogP contribution in [-0.2, 0) is 14.8 Å². The second-order valence-corrected chi connectivity index (χ2v) is 9.03. The lowest BCUT2D eigenvalue weighted by Gasteiger charge is -2.14. The van der Waals surface area contributed by atoms with E-state index in [-0.39, 0.29) is 16.6 Å². The first-order valence-corrected chi connectivity index (χ1v) is 9.78. The number of thioether (sulfide) groups is 1. The van der Waals surface area contributed by atoms with Crippen LogP contribution >= 0.6 is 11.8 Å². The molecular formula is C17H19FN2O3S2. The number of nitrogens with one attached hydrogen (secondary N) is 1. The fourth-order valence-electron chi connectivity index (χ4n) is 1.97. The summed E-state index contributed by atoms with van der Waals surface area (Å²) in [6.45, 7) is 1.66. The Kier molecular flexibility index (Phi) is 6.21. The molecule has 0 radical (unpaired) electrons. The van der Waals surface area contributed by atoms with E-state index in [9.17, 15) is 17.6 Å². The summed E-state index contributed by atoms with van der Waals surface area (Å²) in [5.41, 5.74) is 0.369. The van der Waals surface area contributed by atoms with Crippen LogP contribution in [0.1, 0.15) is 6.92 Å². The van der Waals surface area contributed by atoms with Crippen molar-refractivity contribution < 1.29 is 17.6 Å². The van der Waals surface area contributed by atoms with Crippen molar-refractivity contribution in [2.75, 3.05) is 19.4 Å². The molecule has 1 amide bonds. The van der Waals surface area contributed by atoms with Crippen molar-refractivity contribution in [3.05, 3.63) is 54.3 Å². The van der Waals surface area contributed by atoms with Gasteiger partial charge in [0.25, 0.3) is 0 Å². The Bertz CT molecular complexity index is 870. The Morgan fingerprint density at radius 1 is 1.16 bits per heavy atom. The van der Waals surface area contributed by atoms with Crippen molar-refractivity contribution in [1.29, 1.82) is 0 Å². The summed E-state index contributed by atoms with van der Waals surface area (Å²) in [5.74, 6) is -0.723. The third-order valence-electron chi connectivity index (χ3n) is 3.39. The minimum Gasteiger partial charge on any atom is -0.325 e. The Morgan fingerprint density at radius 3 is 2.48 bits per heavy atom. The summed E-state index contributed by atoms with van der Waals surface area (Å²) < 4.78 is 39.1. The smallest absolute Gasteiger partial charge is 0.242 e. The van der Waals surface area contributed by atoms with E-state index in [0.717, 1.165) is 16.1 Å². The van der Waals surface area contributed by atoms with Gasteiger partial charge in [-0.1, -0.05) is 18.2 Å². The van der Waals surface area contributed by atoms with E-state index < -0.39 is 15.3 Å². The molecule has 134 valence electrons. The first-order valence-electron chi connectivity index (χ1n) is 7.46. The number of hydrogen-bond acceptors (Lipinski definition) is 4. The van der Waals surface area contributed by atoms with Crippen LogP contribution in [0.15, 0.2) is 58.3 Å². The molecule has 1 N–H and O–H groups in total. The van der Waals surface area contributed by atoms with Gasteiger partial charge in [-0.3, -0.25) is 4.79 Å². The summed E-state index contributed by atoms with van der Waals surface area (Å²) in [6, 6.07) is 12.2. The fourth-order valence-corrected chi connectivity index (χ4v) is 3.81. The maximum Gasteiger partial charge on any atom is 0.242 e. The maximum atomic E-state index is 13.7. The van der Waals surface area contributed by atoms with Crippen LogP contribution in [0.25, 0.3) is 0 Å². The molecule has 0 saturated carbocycles. The SMILES string of the molecule is CC(Sc1ccccc1F)C(=O)Nc1cccc(S(=O)(=O)N(C)C)c1. The lowest BCUT2D eigenvalue weighted by Crippen LogP contribution is -2.24. The van der Waals surface area contributed by atoms with Gasteiger partial charge in [0, 0.05) is 24.7 Å². The fraction of sp³-hybridized carbons (Fsp3) is 0.235. The minimum absolute atomic E-state index is 0.0877. The molecule has 0 saturated heterocycles. The van der Waals surface area contributed by atoms with Crippen LogP contribution in [0.4, 0.5) is 10.1 Å². The summed E-state index contributed by atoms with van der Waals surface area (Å²) in [6.07, 6.45) is 0. The monoisotopic (exact) mass is 382 g/mol. The number of nitrogens with zero attached hydrogens (tertiary/aromatic N) is 1. The number of carbonyl (C=O) groups is 1. The van der Waals surface area contributed by atoms with E-state index in [2.05, 4.69) is 5.32 Å². The number of halogens is 1. The van der Waals surface area contributed by atoms with Gasteiger partial charge in [-0.2, -0.15) is 0 Å². The van der Waals surface area contributed by atoms with Crippen LogP contribution in [0.2, 0.25) is 0 Å². The van der Waals surface area contributed by atoms with Gasteiger partial charge >= 0.3 is 0 Å². The lowest BCUT2D eigenvalue weighted by atomic mass is 10.3. The molecule has 0 aliphatic heterocycles. The predicted octanol–water partition coefficient (Wildman–Crippen LogP) is 3.20. The predicted molar refractivity (Wildman–Crippen MR) is 97.7 cm³/mol. The highest BCUT2D eigenvalue weighted by Gasteiger charge is 2.19. The molecule has 2 aromatic rings. The van der Waals surface area contributed by atoms with Crippen molar-refractivity contribution in [2.24, 2.45) is 0 Å². The van der Waals surface area contributed by atoms with E-state index in [1.807, 2.05) is 0 Å². The Labute approximate surface area is 151 Å². The summed E-state index contributed by atoms with van der Waals surface area (Å²) in [4.78, 5) is 12.8. The average Bonchev–Trinajstić information content (AvgIpc) is 2.57. The van der Waals surface area contributed by atoms with Crippen molar-refractivity contribution >= 4 is 33.4 Å². The number of amides is 1. The molecule has 0 fully saturated rings. The zero-order chi connectivity index (χ0) is 18.6. The molecule has 0 spiro atoms. The highest BCUT2D eigenvalue weighted by molar-refractivity contribution is 8.00. The first-order chi connectivity index (χ1) is 11.7. The van der Waals surface area contributed by atoms with Crippen molar-refractivity contribution in [2.45, 2.75) is 22.0 Å². The van der Waals surface area contributed by atoms with Gasteiger partial charge in [0.1, 0.15) is 5.82 Å². The summed E-state index contributed by atoms with van der Waals surface area (Å²) in [5, 5.41) is 2.12. The van der Waals surface area contributed by atoms with Gasteiger partial charge in [-0.15, -0.1) is 11.8 Å². The molecule has 2 rings (SSSR count). The van der Waals surface area contributed by atoms with Gasteiger partial charge in [0.05, 0.1) is 10.1 Å². The highest BCUT2D eigenvalue weighted by Crippen LogP contribution is 2.27. The average molecular weight is 382 g/mol. The molecule has 2 aromatic carbocycles. The largest absolute Gasteiger partial charge is 0.325 e. The number of benzene rings is 2. The molecular weight excluding hydrogens is 363 g/mol. The van der Waals surface area contributed by atoms with Crippen LogP contribution < -0.4 is 5.32 Å².